The van der Waals surface area contributed by atoms with E-state index >= 15 is 0 Å². The SMILES string of the molecule is CC1CC2(C)C=NC1O2. The molecule has 1 saturated heterocycles. The molecule has 2 heteroatoms. The van der Waals surface area contributed by atoms with Crippen LogP contribution in [0.1, 0.15) is 20.3 Å². The van der Waals surface area contributed by atoms with Crippen molar-refractivity contribution in [3.05, 3.63) is 0 Å². The number of rotatable bonds is 0. The number of aliphatic imine (C=N–C) groups is 1. The third-order valence-corrected chi connectivity index (χ3v) is 2.10. The highest BCUT2D eigenvalue weighted by Gasteiger charge is 2.44. The lowest BCUT2D eigenvalue weighted by Gasteiger charge is -2.13. The molecule has 0 radical (unpaired) electrons. The molecule has 2 heterocycles. The van der Waals surface area contributed by atoms with Gasteiger partial charge in [-0.1, -0.05) is 6.92 Å². The zero-order valence-electron chi connectivity index (χ0n) is 5.79. The van der Waals surface area contributed by atoms with Crippen molar-refractivity contribution in [3.8, 4) is 0 Å². The van der Waals surface area contributed by atoms with Crippen LogP contribution in [0.5, 0.6) is 0 Å². The molecule has 1 fully saturated rings. The Morgan fingerprint density at radius 1 is 1.78 bits per heavy atom. The number of nitrogens with zero attached hydrogens (tertiary/aromatic N) is 1. The molecule has 2 aliphatic heterocycles. The molecule has 0 aromatic rings. The summed E-state index contributed by atoms with van der Waals surface area (Å²) in [6.07, 6.45) is 3.26. The van der Waals surface area contributed by atoms with E-state index in [0.29, 0.717) is 5.92 Å². The molecule has 9 heavy (non-hydrogen) atoms. The lowest BCUT2D eigenvalue weighted by Crippen LogP contribution is -2.22. The van der Waals surface area contributed by atoms with Crippen molar-refractivity contribution in [1.29, 1.82) is 0 Å². The van der Waals surface area contributed by atoms with E-state index in [-0.39, 0.29) is 11.8 Å². The van der Waals surface area contributed by atoms with E-state index < -0.39 is 0 Å². The first-order chi connectivity index (χ1) is 4.20. The first-order valence-electron chi connectivity index (χ1n) is 3.42. The van der Waals surface area contributed by atoms with Gasteiger partial charge in [0, 0.05) is 12.1 Å². The molecule has 2 rings (SSSR count). The molecule has 0 aromatic heterocycles. The van der Waals surface area contributed by atoms with Crippen molar-refractivity contribution in [1.82, 2.24) is 0 Å². The highest BCUT2D eigenvalue weighted by Crippen LogP contribution is 2.38. The Kier molecular flexibility index (Phi) is 0.826. The van der Waals surface area contributed by atoms with Crippen LogP contribution in [0.4, 0.5) is 0 Å². The number of hydrogen-bond acceptors (Lipinski definition) is 2. The zero-order chi connectivity index (χ0) is 6.48. The van der Waals surface area contributed by atoms with Crippen LogP contribution in [0.25, 0.3) is 0 Å². The van der Waals surface area contributed by atoms with Crippen molar-refractivity contribution in [3.63, 3.8) is 0 Å². The Morgan fingerprint density at radius 3 is 2.78 bits per heavy atom. The largest absolute Gasteiger partial charge is 0.345 e. The maximum absolute atomic E-state index is 5.55. The van der Waals surface area contributed by atoms with Gasteiger partial charge in [0.15, 0.2) is 6.23 Å². The van der Waals surface area contributed by atoms with Gasteiger partial charge in [0.25, 0.3) is 0 Å². The minimum Gasteiger partial charge on any atom is -0.345 e. The zero-order valence-corrected chi connectivity index (χ0v) is 5.79. The second-order valence-electron chi connectivity index (χ2n) is 3.28. The molecule has 0 spiro atoms. The second-order valence-corrected chi connectivity index (χ2v) is 3.28. The minimum absolute atomic E-state index is 0.00984. The summed E-state index contributed by atoms with van der Waals surface area (Å²) in [7, 11) is 0. The predicted molar refractivity (Wildman–Crippen MR) is 35.6 cm³/mol. The van der Waals surface area contributed by atoms with Crippen LogP contribution in [0, 0.1) is 5.92 Å². The van der Waals surface area contributed by atoms with Crippen LogP contribution in [0.15, 0.2) is 4.99 Å². The summed E-state index contributed by atoms with van der Waals surface area (Å²) >= 11 is 0. The Labute approximate surface area is 54.9 Å². The van der Waals surface area contributed by atoms with E-state index in [1.807, 2.05) is 6.21 Å². The van der Waals surface area contributed by atoms with Crippen LogP contribution < -0.4 is 0 Å². The summed E-state index contributed by atoms with van der Waals surface area (Å²) in [6.45, 7) is 4.28. The van der Waals surface area contributed by atoms with Gasteiger partial charge in [0.1, 0.15) is 5.60 Å². The van der Waals surface area contributed by atoms with Gasteiger partial charge in [0.05, 0.1) is 0 Å². The maximum atomic E-state index is 5.55. The van der Waals surface area contributed by atoms with Crippen LogP contribution in [-0.2, 0) is 4.74 Å². The van der Waals surface area contributed by atoms with Crippen LogP contribution >= 0.6 is 0 Å². The number of ether oxygens (including phenoxy) is 1. The topological polar surface area (TPSA) is 21.6 Å². The average molecular weight is 125 g/mol. The van der Waals surface area contributed by atoms with Crippen molar-refractivity contribution in [2.45, 2.75) is 32.1 Å². The average Bonchev–Trinajstić information content (AvgIpc) is 2.20. The molecule has 0 amide bonds. The fourth-order valence-electron chi connectivity index (χ4n) is 1.67. The highest BCUT2D eigenvalue weighted by atomic mass is 16.5. The van der Waals surface area contributed by atoms with Gasteiger partial charge in [-0.3, -0.25) is 4.99 Å². The van der Waals surface area contributed by atoms with Crippen molar-refractivity contribution < 1.29 is 4.74 Å². The van der Waals surface area contributed by atoms with E-state index in [1.165, 1.54) is 0 Å². The maximum Gasteiger partial charge on any atom is 0.151 e. The Hall–Kier alpha value is -0.370. The molecule has 50 valence electrons. The predicted octanol–water partition coefficient (Wildman–Crippen LogP) is 1.21. The summed E-state index contributed by atoms with van der Waals surface area (Å²) in [5, 5.41) is 0. The molecule has 3 atom stereocenters. The third kappa shape index (κ3) is 0.628. The molecule has 2 nitrogen and oxygen atoms in total. The monoisotopic (exact) mass is 125 g/mol. The first-order valence-corrected chi connectivity index (χ1v) is 3.42. The molecule has 2 aliphatic rings. The summed E-state index contributed by atoms with van der Waals surface area (Å²) < 4.78 is 5.55. The fraction of sp³-hybridized carbons (Fsp3) is 0.857. The standard InChI is InChI=1S/C7H11NO/c1-5-3-7(2)4-8-6(5)9-7/h4-6H,3H2,1-2H3. The number of hydrogen-bond donors (Lipinski definition) is 0. The van der Waals surface area contributed by atoms with E-state index in [2.05, 4.69) is 18.8 Å². The second kappa shape index (κ2) is 1.37. The molecular formula is C7H11NO. The summed E-state index contributed by atoms with van der Waals surface area (Å²) in [4.78, 5) is 4.21. The molecule has 2 bridgehead atoms. The van der Waals surface area contributed by atoms with Gasteiger partial charge in [-0.2, -0.15) is 0 Å². The molecule has 0 N–H and O–H groups in total. The van der Waals surface area contributed by atoms with E-state index in [9.17, 15) is 0 Å². The van der Waals surface area contributed by atoms with Gasteiger partial charge in [-0.25, -0.2) is 0 Å². The third-order valence-electron chi connectivity index (χ3n) is 2.10. The van der Waals surface area contributed by atoms with E-state index in [4.69, 9.17) is 4.74 Å². The lowest BCUT2D eigenvalue weighted by atomic mass is 9.95. The molecular weight excluding hydrogens is 114 g/mol. The van der Waals surface area contributed by atoms with Gasteiger partial charge < -0.3 is 4.74 Å². The van der Waals surface area contributed by atoms with Gasteiger partial charge in [0.2, 0.25) is 0 Å². The fourth-order valence-corrected chi connectivity index (χ4v) is 1.67. The normalized spacial score (nSPS) is 54.9. The van der Waals surface area contributed by atoms with Crippen LogP contribution in [-0.4, -0.2) is 18.0 Å². The Bertz CT molecular complexity index is 166. The van der Waals surface area contributed by atoms with Gasteiger partial charge >= 0.3 is 0 Å². The Balaban J connectivity index is 2.30. The summed E-state index contributed by atoms with van der Waals surface area (Å²) in [5.74, 6) is 0.625. The summed E-state index contributed by atoms with van der Waals surface area (Å²) in [6, 6.07) is 0. The molecule has 0 aromatic carbocycles. The van der Waals surface area contributed by atoms with Crippen molar-refractivity contribution in [2.24, 2.45) is 10.9 Å². The summed E-state index contributed by atoms with van der Waals surface area (Å²) in [5.41, 5.74) is -0.00984. The van der Waals surface area contributed by atoms with E-state index in [1.54, 1.807) is 0 Å². The smallest absolute Gasteiger partial charge is 0.151 e. The van der Waals surface area contributed by atoms with Gasteiger partial charge in [-0.05, 0) is 13.3 Å². The molecule has 0 saturated carbocycles. The molecule has 0 aliphatic carbocycles. The first kappa shape index (κ1) is 5.42. The molecule has 3 unspecified atom stereocenters. The quantitative estimate of drug-likeness (QED) is 0.477. The Morgan fingerprint density at radius 2 is 2.56 bits per heavy atom. The highest BCUT2D eigenvalue weighted by molar-refractivity contribution is 5.71. The minimum atomic E-state index is -0.00984. The van der Waals surface area contributed by atoms with Crippen molar-refractivity contribution in [2.75, 3.05) is 0 Å². The van der Waals surface area contributed by atoms with Gasteiger partial charge in [-0.15, -0.1) is 0 Å². The van der Waals surface area contributed by atoms with Crippen LogP contribution in [0.3, 0.4) is 0 Å². The van der Waals surface area contributed by atoms with Crippen molar-refractivity contribution >= 4 is 6.21 Å². The lowest BCUT2D eigenvalue weighted by molar-refractivity contribution is 0.0402. The van der Waals surface area contributed by atoms with Crippen LogP contribution in [0.2, 0.25) is 0 Å². The van der Waals surface area contributed by atoms with E-state index in [0.717, 1.165) is 6.42 Å². The number of fused-ring (bicyclic) bond motifs is 2.